The molecule has 0 amide bonds. The van der Waals surface area contributed by atoms with Crippen LogP contribution < -0.4 is 9.47 Å². The SMILES string of the molecule is CCCCCCOc1cc2nc(-c3ccc(C=O)c(O)c3O)[nH]c2cc1OCCCCCC. The van der Waals surface area contributed by atoms with Gasteiger partial charge < -0.3 is 24.7 Å². The highest BCUT2D eigenvalue weighted by molar-refractivity contribution is 5.87. The van der Waals surface area contributed by atoms with Crippen molar-refractivity contribution in [1.29, 1.82) is 0 Å². The van der Waals surface area contributed by atoms with E-state index < -0.39 is 11.5 Å². The molecule has 1 heterocycles. The smallest absolute Gasteiger partial charge is 0.169 e. The summed E-state index contributed by atoms with van der Waals surface area (Å²) in [5.41, 5.74) is 1.71. The average molecular weight is 455 g/mol. The van der Waals surface area contributed by atoms with Crippen molar-refractivity contribution in [2.24, 2.45) is 0 Å². The predicted octanol–water partition coefficient (Wildman–Crippen LogP) is 6.37. The lowest BCUT2D eigenvalue weighted by atomic mass is 10.1. The molecule has 3 N–H and O–H groups in total. The largest absolute Gasteiger partial charge is 0.504 e. The second kappa shape index (κ2) is 12.1. The van der Waals surface area contributed by atoms with Crippen molar-refractivity contribution in [3.63, 3.8) is 0 Å². The molecule has 0 fully saturated rings. The van der Waals surface area contributed by atoms with Crippen LogP contribution in [0.5, 0.6) is 23.0 Å². The standard InChI is InChI=1S/C26H34N2O5/c1-3-5-7-9-13-32-22-15-20-21(16-23(22)33-14-10-8-6-4-2)28-26(27-20)19-12-11-18(17-29)24(30)25(19)31/h11-12,15-17,30-31H,3-10,13-14H2,1-2H3,(H,27,28). The summed E-state index contributed by atoms with van der Waals surface area (Å²) in [6.07, 6.45) is 9.41. The Hall–Kier alpha value is -3.22. The van der Waals surface area contributed by atoms with Crippen molar-refractivity contribution < 1.29 is 24.5 Å². The number of imidazole rings is 1. The predicted molar refractivity (Wildman–Crippen MR) is 130 cm³/mol. The van der Waals surface area contributed by atoms with E-state index in [-0.39, 0.29) is 5.56 Å². The third-order valence-electron chi connectivity index (χ3n) is 5.62. The molecular weight excluding hydrogens is 420 g/mol. The quantitative estimate of drug-likeness (QED) is 0.148. The zero-order chi connectivity index (χ0) is 23.6. The van der Waals surface area contributed by atoms with Gasteiger partial charge in [0.05, 0.1) is 35.4 Å². The first-order chi connectivity index (χ1) is 16.1. The van der Waals surface area contributed by atoms with Crippen LogP contribution in [0.2, 0.25) is 0 Å². The van der Waals surface area contributed by atoms with E-state index in [2.05, 4.69) is 23.8 Å². The number of aromatic nitrogens is 2. The van der Waals surface area contributed by atoms with Gasteiger partial charge in [0, 0.05) is 12.1 Å². The zero-order valence-electron chi connectivity index (χ0n) is 19.5. The number of phenolic OH excluding ortho intramolecular Hbond substituents is 2. The highest BCUT2D eigenvalue weighted by Crippen LogP contribution is 2.39. The fourth-order valence-corrected chi connectivity index (χ4v) is 3.67. The summed E-state index contributed by atoms with van der Waals surface area (Å²) in [5, 5.41) is 20.4. The molecule has 0 radical (unpaired) electrons. The van der Waals surface area contributed by atoms with Crippen molar-refractivity contribution in [2.45, 2.75) is 65.2 Å². The summed E-state index contributed by atoms with van der Waals surface area (Å²) in [6.45, 7) is 5.58. The van der Waals surface area contributed by atoms with Crippen molar-refractivity contribution in [1.82, 2.24) is 9.97 Å². The third-order valence-corrected chi connectivity index (χ3v) is 5.62. The molecule has 0 saturated heterocycles. The molecule has 7 heteroatoms. The first-order valence-corrected chi connectivity index (χ1v) is 11.9. The molecule has 0 aliphatic rings. The molecule has 0 aliphatic carbocycles. The van der Waals surface area contributed by atoms with Gasteiger partial charge in [-0.25, -0.2) is 4.98 Å². The van der Waals surface area contributed by atoms with Crippen LogP contribution in [-0.4, -0.2) is 39.7 Å². The maximum atomic E-state index is 11.0. The van der Waals surface area contributed by atoms with E-state index in [0.29, 0.717) is 47.9 Å². The Labute approximate surface area is 194 Å². The van der Waals surface area contributed by atoms with Crippen LogP contribution in [0.3, 0.4) is 0 Å². The number of ether oxygens (including phenoxy) is 2. The second-order valence-electron chi connectivity index (χ2n) is 8.24. The van der Waals surface area contributed by atoms with Crippen LogP contribution in [0.15, 0.2) is 24.3 Å². The van der Waals surface area contributed by atoms with E-state index in [1.165, 1.54) is 31.7 Å². The van der Waals surface area contributed by atoms with E-state index >= 15 is 0 Å². The van der Waals surface area contributed by atoms with Gasteiger partial charge >= 0.3 is 0 Å². The molecule has 0 saturated carbocycles. The molecule has 2 aromatic carbocycles. The van der Waals surface area contributed by atoms with Gasteiger partial charge in [-0.2, -0.15) is 0 Å². The molecule has 7 nitrogen and oxygen atoms in total. The summed E-state index contributed by atoms with van der Waals surface area (Å²) < 4.78 is 12.1. The maximum absolute atomic E-state index is 11.0. The molecular formula is C26H34N2O5. The fourth-order valence-electron chi connectivity index (χ4n) is 3.67. The lowest BCUT2D eigenvalue weighted by molar-refractivity contribution is 0.112. The minimum atomic E-state index is -0.463. The number of nitrogens with one attached hydrogen (secondary N) is 1. The van der Waals surface area contributed by atoms with Gasteiger partial charge in [-0.3, -0.25) is 4.79 Å². The van der Waals surface area contributed by atoms with Crippen molar-refractivity contribution in [3.8, 4) is 34.4 Å². The monoisotopic (exact) mass is 454 g/mol. The molecule has 3 aromatic rings. The normalized spacial score (nSPS) is 11.1. The van der Waals surface area contributed by atoms with Crippen molar-refractivity contribution in [3.05, 3.63) is 29.8 Å². The van der Waals surface area contributed by atoms with Crippen LogP contribution in [-0.2, 0) is 0 Å². The number of hydrogen-bond acceptors (Lipinski definition) is 6. The first kappa shape index (κ1) is 24.4. The summed E-state index contributed by atoms with van der Waals surface area (Å²) in [7, 11) is 0. The summed E-state index contributed by atoms with van der Waals surface area (Å²) in [6, 6.07) is 6.70. The molecule has 33 heavy (non-hydrogen) atoms. The number of unbranched alkanes of at least 4 members (excludes halogenated alkanes) is 6. The molecule has 3 rings (SSSR count). The van der Waals surface area contributed by atoms with E-state index in [4.69, 9.17) is 9.47 Å². The van der Waals surface area contributed by atoms with Gasteiger partial charge in [-0.15, -0.1) is 0 Å². The lowest BCUT2D eigenvalue weighted by Gasteiger charge is -2.13. The summed E-state index contributed by atoms with van der Waals surface area (Å²) >= 11 is 0. The van der Waals surface area contributed by atoms with Crippen LogP contribution in [0.1, 0.15) is 75.6 Å². The van der Waals surface area contributed by atoms with Crippen LogP contribution in [0, 0.1) is 0 Å². The molecule has 0 unspecified atom stereocenters. The number of carbonyl (C=O) groups excluding carboxylic acids is 1. The zero-order valence-corrected chi connectivity index (χ0v) is 19.5. The molecule has 0 spiro atoms. The Kier molecular flexibility index (Phi) is 8.98. The topological polar surface area (TPSA) is 105 Å². The van der Waals surface area contributed by atoms with Gasteiger partial charge in [0.1, 0.15) is 5.82 Å². The van der Waals surface area contributed by atoms with Crippen molar-refractivity contribution >= 4 is 17.3 Å². The van der Waals surface area contributed by atoms with Gasteiger partial charge in [0.25, 0.3) is 0 Å². The van der Waals surface area contributed by atoms with Crippen LogP contribution in [0.25, 0.3) is 22.4 Å². The number of nitrogens with zero attached hydrogens (tertiary/aromatic N) is 1. The first-order valence-electron chi connectivity index (χ1n) is 11.9. The number of aldehydes is 1. The number of phenols is 2. The highest BCUT2D eigenvalue weighted by Gasteiger charge is 2.17. The minimum Gasteiger partial charge on any atom is -0.504 e. The molecule has 1 aromatic heterocycles. The van der Waals surface area contributed by atoms with Gasteiger partial charge in [0.15, 0.2) is 29.3 Å². The fraction of sp³-hybridized carbons (Fsp3) is 0.462. The number of benzene rings is 2. The number of carbonyl (C=O) groups is 1. The van der Waals surface area contributed by atoms with Crippen LogP contribution in [0.4, 0.5) is 0 Å². The Morgan fingerprint density at radius 1 is 0.879 bits per heavy atom. The summed E-state index contributed by atoms with van der Waals surface area (Å²) in [4.78, 5) is 18.8. The number of fused-ring (bicyclic) bond motifs is 1. The van der Waals surface area contributed by atoms with Crippen LogP contribution >= 0.6 is 0 Å². The second-order valence-corrected chi connectivity index (χ2v) is 8.24. The molecule has 0 bridgehead atoms. The maximum Gasteiger partial charge on any atom is 0.169 e. The Balaban J connectivity index is 1.86. The Morgan fingerprint density at radius 2 is 1.52 bits per heavy atom. The van der Waals surface area contributed by atoms with Gasteiger partial charge in [-0.1, -0.05) is 52.4 Å². The number of aromatic hydroxyl groups is 2. The van der Waals surface area contributed by atoms with Gasteiger partial charge in [-0.05, 0) is 25.0 Å². The van der Waals surface area contributed by atoms with Crippen molar-refractivity contribution in [2.75, 3.05) is 13.2 Å². The average Bonchev–Trinajstić information content (AvgIpc) is 3.22. The lowest BCUT2D eigenvalue weighted by Crippen LogP contribution is -2.03. The number of hydrogen-bond donors (Lipinski definition) is 3. The number of aromatic amines is 1. The highest BCUT2D eigenvalue weighted by atomic mass is 16.5. The third kappa shape index (κ3) is 6.18. The molecule has 178 valence electrons. The van der Waals surface area contributed by atoms with E-state index in [1.54, 1.807) is 6.07 Å². The minimum absolute atomic E-state index is 0.0184. The molecule has 0 atom stereocenters. The number of H-pyrrole nitrogens is 1. The van der Waals surface area contributed by atoms with E-state index in [9.17, 15) is 15.0 Å². The molecule has 0 aliphatic heterocycles. The van der Waals surface area contributed by atoms with E-state index in [1.807, 2.05) is 12.1 Å². The summed E-state index contributed by atoms with van der Waals surface area (Å²) in [5.74, 6) is 0.835. The van der Waals surface area contributed by atoms with Gasteiger partial charge in [0.2, 0.25) is 0 Å². The Morgan fingerprint density at radius 3 is 2.12 bits per heavy atom. The van der Waals surface area contributed by atoms with E-state index in [0.717, 1.165) is 31.2 Å². The number of rotatable bonds is 14. The Bertz CT molecular complexity index is 1010.